The molecule has 0 aliphatic heterocycles. The lowest BCUT2D eigenvalue weighted by molar-refractivity contribution is 0.149. The molecule has 3 N–H and O–H groups in total. The molecule has 0 aliphatic carbocycles. The molecular formula is C4H12NO4P. The van der Waals surface area contributed by atoms with Gasteiger partial charge in [-0.2, -0.15) is 0 Å². The number of nitrogens with two attached hydrogens (primary N) is 1. The predicted molar refractivity (Wildman–Crippen MR) is 36.0 cm³/mol. The van der Waals surface area contributed by atoms with Crippen LogP contribution < -0.4 is 5.90 Å². The molecule has 0 aliphatic rings. The summed E-state index contributed by atoms with van der Waals surface area (Å²) in [6.07, 6.45) is 1.61. The van der Waals surface area contributed by atoms with Gasteiger partial charge in [0.15, 0.2) is 0 Å². The van der Waals surface area contributed by atoms with E-state index in [1.165, 1.54) is 0 Å². The Hall–Kier alpha value is 0.0700. The summed E-state index contributed by atoms with van der Waals surface area (Å²) in [7, 11) is -3.93. The number of hydrogen-bond donors (Lipinski definition) is 2. The van der Waals surface area contributed by atoms with Gasteiger partial charge in [-0.25, -0.2) is 15.1 Å². The Morgan fingerprint density at radius 1 is 1.70 bits per heavy atom. The van der Waals surface area contributed by atoms with Crippen LogP contribution in [-0.4, -0.2) is 11.5 Å². The molecule has 1 unspecified atom stereocenters. The number of unbranched alkanes of at least 4 members (excludes halogenated alkanes) is 1. The first-order chi connectivity index (χ1) is 4.62. The third-order valence-electron chi connectivity index (χ3n) is 0.886. The van der Waals surface area contributed by atoms with E-state index in [1.54, 1.807) is 0 Å². The summed E-state index contributed by atoms with van der Waals surface area (Å²) in [5.74, 6) is 4.45. The molecule has 0 fully saturated rings. The summed E-state index contributed by atoms with van der Waals surface area (Å²) in [4.78, 5) is 8.54. The fourth-order valence-corrected chi connectivity index (χ4v) is 0.775. The highest BCUT2D eigenvalue weighted by molar-refractivity contribution is 7.47. The van der Waals surface area contributed by atoms with Gasteiger partial charge in [-0.05, 0) is 6.42 Å². The van der Waals surface area contributed by atoms with Gasteiger partial charge < -0.3 is 4.89 Å². The molecule has 0 heterocycles. The van der Waals surface area contributed by atoms with Crippen molar-refractivity contribution < 1.29 is 18.6 Å². The molecule has 62 valence electrons. The van der Waals surface area contributed by atoms with E-state index in [0.717, 1.165) is 6.42 Å². The lowest BCUT2D eigenvalue weighted by Crippen LogP contribution is -2.00. The standard InChI is InChI=1S/C4H12NO4P/c1-2-3-4-8-10(6,7)9-5/h2-5H2,1H3,(H,6,7). The van der Waals surface area contributed by atoms with Gasteiger partial charge in [0.05, 0.1) is 6.61 Å². The molecule has 0 aromatic rings. The van der Waals surface area contributed by atoms with Gasteiger partial charge in [-0.15, -0.1) is 0 Å². The van der Waals surface area contributed by atoms with Gasteiger partial charge in [0.2, 0.25) is 0 Å². The zero-order valence-corrected chi connectivity index (χ0v) is 6.71. The highest BCUT2D eigenvalue weighted by atomic mass is 31.2. The maximum Gasteiger partial charge on any atom is 0.488 e. The van der Waals surface area contributed by atoms with Crippen LogP contribution in [0.2, 0.25) is 0 Å². The van der Waals surface area contributed by atoms with Crippen molar-refractivity contribution in [3.8, 4) is 0 Å². The average molecular weight is 169 g/mol. The van der Waals surface area contributed by atoms with E-state index in [9.17, 15) is 4.57 Å². The monoisotopic (exact) mass is 169 g/mol. The number of phosphoric acid groups is 1. The lowest BCUT2D eigenvalue weighted by Gasteiger charge is -2.06. The Bertz CT molecular complexity index is 128. The van der Waals surface area contributed by atoms with E-state index < -0.39 is 7.82 Å². The molecule has 0 radical (unpaired) electrons. The molecule has 0 aromatic carbocycles. The molecule has 0 spiro atoms. The third-order valence-corrected chi connectivity index (χ3v) is 1.66. The fraction of sp³-hybridized carbons (Fsp3) is 1.00. The first-order valence-electron chi connectivity index (χ1n) is 2.98. The molecule has 0 amide bonds. The molecule has 10 heavy (non-hydrogen) atoms. The molecule has 1 atom stereocenters. The second kappa shape index (κ2) is 4.82. The molecule has 5 nitrogen and oxygen atoms in total. The van der Waals surface area contributed by atoms with E-state index in [0.29, 0.717) is 6.42 Å². The number of phosphoric ester groups is 1. The van der Waals surface area contributed by atoms with Crippen LogP contribution in [0, 0.1) is 0 Å². The van der Waals surface area contributed by atoms with E-state index in [4.69, 9.17) is 4.89 Å². The first kappa shape index (κ1) is 10.1. The minimum Gasteiger partial charge on any atom is -0.302 e. The van der Waals surface area contributed by atoms with Crippen LogP contribution >= 0.6 is 7.82 Å². The normalized spacial score (nSPS) is 16.7. The van der Waals surface area contributed by atoms with Crippen molar-refractivity contribution in [1.29, 1.82) is 0 Å². The number of rotatable bonds is 5. The van der Waals surface area contributed by atoms with Crippen LogP contribution in [-0.2, 0) is 13.7 Å². The van der Waals surface area contributed by atoms with Crippen molar-refractivity contribution >= 4 is 7.82 Å². The van der Waals surface area contributed by atoms with Crippen LogP contribution in [0.25, 0.3) is 0 Å². The smallest absolute Gasteiger partial charge is 0.302 e. The zero-order valence-electron chi connectivity index (χ0n) is 5.82. The SMILES string of the molecule is CCCCOP(=O)(O)ON. The maximum atomic E-state index is 10.4. The number of hydrogen-bond acceptors (Lipinski definition) is 4. The Kier molecular flexibility index (Phi) is 4.85. The molecule has 0 rings (SSSR count). The molecule has 0 bridgehead atoms. The van der Waals surface area contributed by atoms with Crippen molar-refractivity contribution in [3.63, 3.8) is 0 Å². The van der Waals surface area contributed by atoms with Crippen LogP contribution in [0.15, 0.2) is 0 Å². The first-order valence-corrected chi connectivity index (χ1v) is 4.47. The topological polar surface area (TPSA) is 81.8 Å². The summed E-state index contributed by atoms with van der Waals surface area (Å²) >= 11 is 0. The quantitative estimate of drug-likeness (QED) is 0.361. The summed E-state index contributed by atoms with van der Waals surface area (Å²) in [6, 6.07) is 0. The Morgan fingerprint density at radius 3 is 2.70 bits per heavy atom. The van der Waals surface area contributed by atoms with Crippen molar-refractivity contribution in [2.45, 2.75) is 19.8 Å². The Labute approximate surface area is 59.7 Å². The van der Waals surface area contributed by atoms with Gasteiger partial charge in [-0.3, -0.25) is 4.52 Å². The summed E-state index contributed by atoms with van der Waals surface area (Å²) in [5.41, 5.74) is 0. The van der Waals surface area contributed by atoms with E-state index in [-0.39, 0.29) is 6.61 Å². The molecule has 6 heteroatoms. The van der Waals surface area contributed by atoms with Gasteiger partial charge in [0.25, 0.3) is 0 Å². The minimum atomic E-state index is -3.93. The summed E-state index contributed by atoms with van der Waals surface area (Å²) < 4.78 is 18.5. The van der Waals surface area contributed by atoms with Crippen molar-refractivity contribution in [2.24, 2.45) is 5.90 Å². The average Bonchev–Trinajstić information content (AvgIpc) is 1.89. The van der Waals surface area contributed by atoms with Gasteiger partial charge in [0, 0.05) is 0 Å². The zero-order chi connectivity index (χ0) is 8.04. The van der Waals surface area contributed by atoms with Crippen LogP contribution in [0.1, 0.15) is 19.8 Å². The summed E-state index contributed by atoms with van der Waals surface area (Å²) in [5, 5.41) is 0. The maximum absolute atomic E-state index is 10.4. The van der Waals surface area contributed by atoms with Crippen LogP contribution in [0.3, 0.4) is 0 Å². The van der Waals surface area contributed by atoms with Crippen molar-refractivity contribution in [1.82, 2.24) is 0 Å². The highest BCUT2D eigenvalue weighted by Crippen LogP contribution is 2.40. The van der Waals surface area contributed by atoms with Crippen LogP contribution in [0.5, 0.6) is 0 Å². The van der Waals surface area contributed by atoms with Crippen LogP contribution in [0.4, 0.5) is 0 Å². The molecule has 0 aromatic heterocycles. The van der Waals surface area contributed by atoms with Crippen molar-refractivity contribution in [3.05, 3.63) is 0 Å². The highest BCUT2D eigenvalue weighted by Gasteiger charge is 2.18. The summed E-state index contributed by atoms with van der Waals surface area (Å²) in [6.45, 7) is 2.14. The lowest BCUT2D eigenvalue weighted by atomic mass is 10.4. The fourth-order valence-electron chi connectivity index (χ4n) is 0.355. The third kappa shape index (κ3) is 4.90. The van der Waals surface area contributed by atoms with Crippen molar-refractivity contribution in [2.75, 3.05) is 6.61 Å². The van der Waals surface area contributed by atoms with E-state index in [1.807, 2.05) is 6.92 Å². The molecule has 0 saturated heterocycles. The van der Waals surface area contributed by atoms with Gasteiger partial charge >= 0.3 is 7.82 Å². The van der Waals surface area contributed by atoms with Gasteiger partial charge in [0.1, 0.15) is 0 Å². The largest absolute Gasteiger partial charge is 0.488 e. The minimum absolute atomic E-state index is 0.196. The predicted octanol–water partition coefficient (Wildman–Crippen LogP) is 0.794. The molecule has 0 saturated carbocycles. The van der Waals surface area contributed by atoms with Gasteiger partial charge in [-0.1, -0.05) is 13.3 Å². The van der Waals surface area contributed by atoms with E-state index in [2.05, 4.69) is 15.0 Å². The second-order valence-corrected chi connectivity index (χ2v) is 3.17. The van der Waals surface area contributed by atoms with E-state index >= 15 is 0 Å². The molecular weight excluding hydrogens is 157 g/mol. The Balaban J connectivity index is 3.38. The Morgan fingerprint density at radius 2 is 2.30 bits per heavy atom. The second-order valence-electron chi connectivity index (χ2n) is 1.76.